The highest BCUT2D eigenvalue weighted by Crippen LogP contribution is 2.32. The average Bonchev–Trinajstić information content (AvgIpc) is 2.78. The molecule has 1 aliphatic rings. The van der Waals surface area contributed by atoms with Crippen LogP contribution >= 0.6 is 0 Å². The van der Waals surface area contributed by atoms with Crippen LogP contribution in [0.5, 0.6) is 5.75 Å². The van der Waals surface area contributed by atoms with Crippen LogP contribution in [0.4, 0.5) is 4.79 Å². The van der Waals surface area contributed by atoms with Gasteiger partial charge in [-0.3, -0.25) is 0 Å². The van der Waals surface area contributed by atoms with Crippen LogP contribution in [0.15, 0.2) is 54.6 Å². The highest BCUT2D eigenvalue weighted by molar-refractivity contribution is 5.86. The molecule has 2 aromatic carbocycles. The lowest BCUT2D eigenvalue weighted by molar-refractivity contribution is 0.00979. The summed E-state index contributed by atoms with van der Waals surface area (Å²) in [6.07, 6.45) is 2.44. The van der Waals surface area contributed by atoms with Gasteiger partial charge in [0.25, 0.3) is 0 Å². The minimum absolute atomic E-state index is 0.0240. The van der Waals surface area contributed by atoms with Crippen molar-refractivity contribution >= 4 is 17.0 Å². The summed E-state index contributed by atoms with van der Waals surface area (Å²) < 4.78 is 12.4. The summed E-state index contributed by atoms with van der Waals surface area (Å²) >= 11 is 0. The first-order valence-electron chi connectivity index (χ1n) is 10.8. The topological polar surface area (TPSA) is 80.7 Å². The molecule has 1 aliphatic carbocycles. The summed E-state index contributed by atoms with van der Waals surface area (Å²) in [5.74, 6) is 0.849. The Morgan fingerprint density at radius 2 is 1.74 bits per heavy atom. The Morgan fingerprint density at radius 1 is 1.03 bits per heavy atom. The fourth-order valence-corrected chi connectivity index (χ4v) is 4.13. The molecule has 0 unspecified atom stereocenters. The summed E-state index contributed by atoms with van der Waals surface area (Å²) in [6.45, 7) is 2.95. The van der Waals surface area contributed by atoms with Crippen LogP contribution in [0.2, 0.25) is 0 Å². The normalized spacial score (nSPS) is 18.6. The molecule has 6 heteroatoms. The van der Waals surface area contributed by atoms with E-state index in [0.717, 1.165) is 59.2 Å². The van der Waals surface area contributed by atoms with Crippen LogP contribution in [-0.4, -0.2) is 28.3 Å². The number of nitrogens with zero attached hydrogens (tertiary/aromatic N) is 1. The Kier molecular flexibility index (Phi) is 6.67. The molecular formula is C25H28N2O4. The summed E-state index contributed by atoms with van der Waals surface area (Å²) in [4.78, 5) is 15.7. The molecule has 0 aliphatic heterocycles. The molecule has 162 valence electrons. The Bertz CT molecular complexity index is 1030. The Balaban J connectivity index is 1.46. The second-order valence-electron chi connectivity index (χ2n) is 8.04. The molecule has 31 heavy (non-hydrogen) atoms. The van der Waals surface area contributed by atoms with Crippen molar-refractivity contribution in [1.82, 2.24) is 10.3 Å². The fraction of sp³-hybridized carbons (Fsp3) is 0.360. The van der Waals surface area contributed by atoms with E-state index < -0.39 is 6.09 Å². The predicted octanol–water partition coefficient (Wildman–Crippen LogP) is 5.22. The zero-order chi connectivity index (χ0) is 21.6. The van der Waals surface area contributed by atoms with E-state index in [-0.39, 0.29) is 12.1 Å². The summed E-state index contributed by atoms with van der Waals surface area (Å²) in [6, 6.07) is 18.2. The van der Waals surface area contributed by atoms with Crippen molar-refractivity contribution in [2.75, 3.05) is 0 Å². The van der Waals surface area contributed by atoms with Crippen molar-refractivity contribution in [1.29, 1.82) is 0 Å². The molecule has 6 nitrogen and oxygen atoms in total. The second kappa shape index (κ2) is 9.79. The maximum absolute atomic E-state index is 10.8. The van der Waals surface area contributed by atoms with Gasteiger partial charge in [0.15, 0.2) is 0 Å². The summed E-state index contributed by atoms with van der Waals surface area (Å²) in [7, 11) is 0. The summed E-state index contributed by atoms with van der Waals surface area (Å²) in [5, 5.41) is 12.5. The minimum Gasteiger partial charge on any atom is -0.488 e. The SMILES string of the molecule is Cc1c(COC2CCC(NC(=O)O)CC2)nc2ccccc2c1OCc1ccccc1. The monoisotopic (exact) mass is 420 g/mol. The quantitative estimate of drug-likeness (QED) is 0.548. The molecule has 0 spiro atoms. The predicted molar refractivity (Wildman–Crippen MR) is 119 cm³/mol. The Hall–Kier alpha value is -3.12. The highest BCUT2D eigenvalue weighted by atomic mass is 16.5. The first-order valence-corrected chi connectivity index (χ1v) is 10.8. The number of para-hydroxylation sites is 1. The van der Waals surface area contributed by atoms with Crippen LogP contribution < -0.4 is 10.1 Å². The molecule has 1 saturated carbocycles. The van der Waals surface area contributed by atoms with Gasteiger partial charge in [-0.05, 0) is 50.3 Å². The fourth-order valence-electron chi connectivity index (χ4n) is 4.13. The van der Waals surface area contributed by atoms with E-state index in [0.29, 0.717) is 13.2 Å². The molecule has 1 fully saturated rings. The lowest BCUT2D eigenvalue weighted by Gasteiger charge is -2.28. The zero-order valence-corrected chi connectivity index (χ0v) is 17.7. The number of ether oxygens (including phenoxy) is 2. The summed E-state index contributed by atoms with van der Waals surface area (Å²) in [5.41, 5.74) is 3.89. The van der Waals surface area contributed by atoms with Crippen molar-refractivity contribution in [3.05, 3.63) is 71.4 Å². The number of carbonyl (C=O) groups is 1. The van der Waals surface area contributed by atoms with E-state index in [1.165, 1.54) is 0 Å². The Labute approximate surface area is 182 Å². The third kappa shape index (κ3) is 5.33. The second-order valence-corrected chi connectivity index (χ2v) is 8.04. The number of hydrogen-bond donors (Lipinski definition) is 2. The number of hydrogen-bond acceptors (Lipinski definition) is 4. The van der Waals surface area contributed by atoms with Crippen molar-refractivity contribution in [3.8, 4) is 5.75 Å². The first-order chi connectivity index (χ1) is 15.1. The van der Waals surface area contributed by atoms with E-state index in [4.69, 9.17) is 19.6 Å². The van der Waals surface area contributed by atoms with E-state index >= 15 is 0 Å². The number of carboxylic acid groups (broad SMARTS) is 1. The molecule has 1 amide bonds. The van der Waals surface area contributed by atoms with Crippen molar-refractivity contribution in [2.24, 2.45) is 0 Å². The van der Waals surface area contributed by atoms with Crippen molar-refractivity contribution in [3.63, 3.8) is 0 Å². The van der Waals surface area contributed by atoms with Gasteiger partial charge in [-0.15, -0.1) is 0 Å². The molecule has 3 aromatic rings. The van der Waals surface area contributed by atoms with Gasteiger partial charge in [0, 0.05) is 17.0 Å². The van der Waals surface area contributed by atoms with E-state index in [1.54, 1.807) is 0 Å². The molecule has 2 N–H and O–H groups in total. The van der Waals surface area contributed by atoms with E-state index in [9.17, 15) is 4.79 Å². The average molecular weight is 421 g/mol. The molecule has 0 atom stereocenters. The van der Waals surface area contributed by atoms with Gasteiger partial charge in [0.1, 0.15) is 12.4 Å². The number of benzene rings is 2. The van der Waals surface area contributed by atoms with Gasteiger partial charge in [-0.2, -0.15) is 0 Å². The lowest BCUT2D eigenvalue weighted by atomic mass is 9.93. The van der Waals surface area contributed by atoms with Gasteiger partial charge in [0.05, 0.1) is 23.9 Å². The number of amides is 1. The molecular weight excluding hydrogens is 392 g/mol. The standard InChI is InChI=1S/C25H28N2O4/c1-17-23(16-30-20-13-11-19(12-14-20)26-25(28)29)27-22-10-6-5-9-21(22)24(17)31-15-18-7-3-2-4-8-18/h2-10,19-20,26H,11-16H2,1H3,(H,28,29). The van der Waals surface area contributed by atoms with Crippen LogP contribution in [0, 0.1) is 6.92 Å². The smallest absolute Gasteiger partial charge is 0.404 e. The van der Waals surface area contributed by atoms with Gasteiger partial charge >= 0.3 is 6.09 Å². The molecule has 1 heterocycles. The van der Waals surface area contributed by atoms with E-state index in [1.807, 2.05) is 49.4 Å². The third-order valence-electron chi connectivity index (χ3n) is 5.86. The number of rotatable bonds is 7. The van der Waals surface area contributed by atoms with Gasteiger partial charge in [-0.25, -0.2) is 9.78 Å². The molecule has 0 bridgehead atoms. The van der Waals surface area contributed by atoms with E-state index in [2.05, 4.69) is 17.4 Å². The van der Waals surface area contributed by atoms with Gasteiger partial charge in [0.2, 0.25) is 0 Å². The van der Waals surface area contributed by atoms with Crippen molar-refractivity contribution < 1.29 is 19.4 Å². The van der Waals surface area contributed by atoms with Gasteiger partial charge < -0.3 is 19.9 Å². The molecule has 1 aromatic heterocycles. The molecule has 0 radical (unpaired) electrons. The number of aromatic nitrogens is 1. The maximum atomic E-state index is 10.8. The van der Waals surface area contributed by atoms with Gasteiger partial charge in [-0.1, -0.05) is 42.5 Å². The number of fused-ring (bicyclic) bond motifs is 1. The maximum Gasteiger partial charge on any atom is 0.404 e. The third-order valence-corrected chi connectivity index (χ3v) is 5.86. The highest BCUT2D eigenvalue weighted by Gasteiger charge is 2.23. The largest absolute Gasteiger partial charge is 0.488 e. The number of pyridine rings is 1. The van der Waals surface area contributed by atoms with Crippen molar-refractivity contribution in [2.45, 2.75) is 58.0 Å². The lowest BCUT2D eigenvalue weighted by Crippen LogP contribution is -2.38. The zero-order valence-electron chi connectivity index (χ0n) is 17.7. The van der Waals surface area contributed by atoms with Crippen LogP contribution in [0.25, 0.3) is 10.9 Å². The first kappa shape index (κ1) is 21.1. The molecule has 0 saturated heterocycles. The number of nitrogens with one attached hydrogen (secondary N) is 1. The molecule has 4 rings (SSSR count). The minimum atomic E-state index is -0.955. The van der Waals surface area contributed by atoms with Crippen LogP contribution in [0.3, 0.4) is 0 Å². The van der Waals surface area contributed by atoms with Crippen LogP contribution in [-0.2, 0) is 18.0 Å². The van der Waals surface area contributed by atoms with Crippen LogP contribution in [0.1, 0.15) is 42.5 Å². The Morgan fingerprint density at radius 3 is 2.48 bits per heavy atom.